The van der Waals surface area contributed by atoms with E-state index < -0.39 is 29.5 Å². The largest absolute Gasteiger partial charge is 0.416 e. The van der Waals surface area contributed by atoms with E-state index in [2.05, 4.69) is 34.6 Å². The number of aliphatic hydroxyl groups excluding tert-OH is 1. The molecule has 1 fully saturated rings. The molecule has 2 aliphatic carbocycles. The van der Waals surface area contributed by atoms with Gasteiger partial charge in [-0.25, -0.2) is 4.98 Å². The van der Waals surface area contributed by atoms with Gasteiger partial charge in [0.25, 0.3) is 0 Å². The van der Waals surface area contributed by atoms with Gasteiger partial charge in [-0.15, -0.1) is 0 Å². The van der Waals surface area contributed by atoms with Crippen LogP contribution in [0.2, 0.25) is 0 Å². The minimum absolute atomic E-state index is 0.156. The number of hydrogen-bond acceptors (Lipinski definition) is 4. The van der Waals surface area contributed by atoms with E-state index in [9.17, 15) is 23.1 Å². The first-order valence-electron chi connectivity index (χ1n) is 13.8. The molecule has 0 radical (unpaired) electrons. The second-order valence-electron chi connectivity index (χ2n) is 12.3. The van der Waals surface area contributed by atoms with E-state index in [1.54, 1.807) is 0 Å². The third-order valence-electron chi connectivity index (χ3n) is 8.24. The molecule has 2 aromatic rings. The first-order valence-corrected chi connectivity index (χ1v) is 13.8. The number of alkyl halides is 3. The quantitative estimate of drug-likeness (QED) is 0.405. The topological polar surface area (TPSA) is 59.4 Å². The Morgan fingerprint density at radius 1 is 1.13 bits per heavy atom. The second kappa shape index (κ2) is 10.4. The van der Waals surface area contributed by atoms with Gasteiger partial charge >= 0.3 is 6.18 Å². The highest BCUT2D eigenvalue weighted by Crippen LogP contribution is 2.59. The molecular weight excluding hydrogens is 491 g/mol. The van der Waals surface area contributed by atoms with Gasteiger partial charge in [-0.05, 0) is 60.3 Å². The molecule has 2 unspecified atom stereocenters. The Hall–Kier alpha value is -2.25. The number of nitrogens with zero attached hydrogens (tertiary/aromatic N) is 1. The van der Waals surface area contributed by atoms with Crippen molar-refractivity contribution in [3.63, 3.8) is 0 Å². The van der Waals surface area contributed by atoms with Crippen molar-refractivity contribution in [2.24, 2.45) is 11.3 Å². The number of pyridine rings is 1. The maximum atomic E-state index is 13.1. The average molecular weight is 532 g/mol. The molecule has 0 bridgehead atoms. The van der Waals surface area contributed by atoms with E-state index in [-0.39, 0.29) is 11.2 Å². The zero-order valence-corrected chi connectivity index (χ0v) is 23.3. The van der Waals surface area contributed by atoms with Gasteiger partial charge in [0.05, 0.1) is 17.3 Å². The first kappa shape index (κ1) is 28.8. The fourth-order valence-electron chi connectivity index (χ4n) is 6.06. The van der Waals surface area contributed by atoms with Crippen LogP contribution in [0.25, 0.3) is 0 Å². The van der Waals surface area contributed by atoms with Gasteiger partial charge in [-0.3, -0.25) is 4.79 Å². The molecule has 2 atom stereocenters. The van der Waals surface area contributed by atoms with Crippen molar-refractivity contribution in [1.82, 2.24) is 4.98 Å². The number of fused-ring (bicyclic) bond motifs is 4. The average Bonchev–Trinajstić information content (AvgIpc) is 3.43. The molecular formula is C31H40F3NO3. The number of hydrogen-bond donors (Lipinski definition) is 1. The maximum Gasteiger partial charge on any atom is 0.416 e. The molecule has 1 aliphatic heterocycles. The van der Waals surface area contributed by atoms with Crippen LogP contribution in [-0.4, -0.2) is 15.9 Å². The molecule has 1 spiro atoms. The molecule has 208 valence electrons. The molecule has 3 aliphatic rings. The minimum atomic E-state index is -4.43. The number of ether oxygens (including phenoxy) is 1. The lowest BCUT2D eigenvalue weighted by atomic mass is 9.70. The normalized spacial score (nSPS) is 23.1. The standard InChI is InChI=1S/C26H28F3NO3.C5H12/c1-14(31)22-20-21(19-17(30-22)12-24(2,3)13-18(19)32)25(10-4-5-11-25)33-23(20)15-6-8-16(9-7-15)26(27,28)29;1-4-5(2)3/h6-9,18,23,32H,4-5,10-13H2,1-3H3;5H,4H2,1-3H3. The summed E-state index contributed by atoms with van der Waals surface area (Å²) in [6, 6.07) is 4.95. The van der Waals surface area contributed by atoms with Gasteiger partial charge in [0.1, 0.15) is 11.8 Å². The molecule has 5 rings (SSSR count). The fraction of sp³-hybridized carbons (Fsp3) is 0.613. The summed E-state index contributed by atoms with van der Waals surface area (Å²) in [5.74, 6) is 0.678. The summed E-state index contributed by atoms with van der Waals surface area (Å²) in [4.78, 5) is 17.5. The molecule has 1 saturated carbocycles. The number of halogens is 3. The molecule has 2 heterocycles. The van der Waals surface area contributed by atoms with Crippen molar-refractivity contribution in [1.29, 1.82) is 0 Å². The Kier molecular flexibility index (Phi) is 7.85. The Balaban J connectivity index is 0.000000617. The molecule has 1 N–H and O–H groups in total. The number of Topliss-reactive ketones (excluding diaryl/α,β-unsaturated/α-hetero) is 1. The second-order valence-corrected chi connectivity index (χ2v) is 12.3. The third kappa shape index (κ3) is 5.42. The Labute approximate surface area is 224 Å². The summed E-state index contributed by atoms with van der Waals surface area (Å²) >= 11 is 0. The van der Waals surface area contributed by atoms with Crippen molar-refractivity contribution in [2.75, 3.05) is 0 Å². The maximum absolute atomic E-state index is 13.1. The van der Waals surface area contributed by atoms with Crippen LogP contribution in [0.1, 0.15) is 136 Å². The van der Waals surface area contributed by atoms with E-state index in [4.69, 9.17) is 9.72 Å². The fourth-order valence-corrected chi connectivity index (χ4v) is 6.06. The Morgan fingerprint density at radius 3 is 2.21 bits per heavy atom. The Morgan fingerprint density at radius 2 is 1.71 bits per heavy atom. The predicted octanol–water partition coefficient (Wildman–Crippen LogP) is 8.25. The number of carbonyl (C=O) groups is 1. The van der Waals surface area contributed by atoms with Crippen LogP contribution < -0.4 is 0 Å². The monoisotopic (exact) mass is 531 g/mol. The van der Waals surface area contributed by atoms with E-state index in [0.29, 0.717) is 29.7 Å². The molecule has 7 heteroatoms. The molecule has 4 nitrogen and oxygen atoms in total. The van der Waals surface area contributed by atoms with Crippen molar-refractivity contribution >= 4 is 5.78 Å². The van der Waals surface area contributed by atoms with E-state index in [1.165, 1.54) is 25.5 Å². The SMILES string of the molecule is CC(=O)c1nc2c(c3c1C(c1ccc(C(F)(F)F)cc1)OC31CCCC1)C(O)CC(C)(C)C2.CCC(C)C. The number of aliphatic hydroxyl groups is 1. The van der Waals surface area contributed by atoms with Crippen LogP contribution in [0.15, 0.2) is 24.3 Å². The molecule has 1 aromatic carbocycles. The van der Waals surface area contributed by atoms with E-state index in [0.717, 1.165) is 60.6 Å². The number of ketones is 1. The van der Waals surface area contributed by atoms with E-state index >= 15 is 0 Å². The van der Waals surface area contributed by atoms with Crippen LogP contribution in [0, 0.1) is 11.3 Å². The Bertz CT molecular complexity index is 1180. The van der Waals surface area contributed by atoms with Crippen LogP contribution in [-0.2, 0) is 22.9 Å². The van der Waals surface area contributed by atoms with Gasteiger partial charge in [0, 0.05) is 23.7 Å². The van der Waals surface area contributed by atoms with Crippen LogP contribution in [0.3, 0.4) is 0 Å². The molecule has 0 saturated heterocycles. The summed E-state index contributed by atoms with van der Waals surface area (Å²) in [7, 11) is 0. The zero-order chi connectivity index (χ0) is 28.0. The lowest BCUT2D eigenvalue weighted by Gasteiger charge is -2.37. The summed E-state index contributed by atoms with van der Waals surface area (Å²) in [6.07, 6.45) is 0.0880. The smallest absolute Gasteiger partial charge is 0.388 e. The highest BCUT2D eigenvalue weighted by molar-refractivity contribution is 5.95. The van der Waals surface area contributed by atoms with Crippen molar-refractivity contribution in [2.45, 2.75) is 110 Å². The predicted molar refractivity (Wildman–Crippen MR) is 141 cm³/mol. The number of carbonyl (C=O) groups excluding carboxylic acids is 1. The molecule has 0 amide bonds. The van der Waals surface area contributed by atoms with Crippen molar-refractivity contribution in [3.05, 3.63) is 63.5 Å². The summed E-state index contributed by atoms with van der Waals surface area (Å²) in [6.45, 7) is 12.3. The highest BCUT2D eigenvalue weighted by atomic mass is 19.4. The summed E-state index contributed by atoms with van der Waals surface area (Å²) < 4.78 is 46.0. The molecule has 1 aromatic heterocycles. The lowest BCUT2D eigenvalue weighted by Crippen LogP contribution is -2.32. The molecule has 38 heavy (non-hydrogen) atoms. The number of aromatic nitrogens is 1. The van der Waals surface area contributed by atoms with Crippen LogP contribution in [0.4, 0.5) is 13.2 Å². The van der Waals surface area contributed by atoms with Gasteiger partial charge in [-0.1, -0.05) is 66.0 Å². The van der Waals surface area contributed by atoms with Gasteiger partial charge in [0.15, 0.2) is 5.78 Å². The highest BCUT2D eigenvalue weighted by Gasteiger charge is 2.53. The van der Waals surface area contributed by atoms with Gasteiger partial charge < -0.3 is 9.84 Å². The van der Waals surface area contributed by atoms with Crippen molar-refractivity contribution in [3.8, 4) is 0 Å². The van der Waals surface area contributed by atoms with Crippen LogP contribution >= 0.6 is 0 Å². The van der Waals surface area contributed by atoms with Crippen LogP contribution in [0.5, 0.6) is 0 Å². The third-order valence-corrected chi connectivity index (χ3v) is 8.24. The van der Waals surface area contributed by atoms with Crippen molar-refractivity contribution < 1.29 is 27.8 Å². The summed E-state index contributed by atoms with van der Waals surface area (Å²) in [5.41, 5.74) is 2.33. The van der Waals surface area contributed by atoms with E-state index in [1.807, 2.05) is 0 Å². The minimum Gasteiger partial charge on any atom is -0.388 e. The number of benzene rings is 1. The lowest BCUT2D eigenvalue weighted by molar-refractivity contribution is -0.137. The van der Waals surface area contributed by atoms with Gasteiger partial charge in [-0.2, -0.15) is 13.2 Å². The summed E-state index contributed by atoms with van der Waals surface area (Å²) in [5, 5.41) is 11.2. The number of rotatable bonds is 3. The van der Waals surface area contributed by atoms with Gasteiger partial charge in [0.2, 0.25) is 0 Å². The zero-order valence-electron chi connectivity index (χ0n) is 23.3. The first-order chi connectivity index (χ1) is 17.7.